The van der Waals surface area contributed by atoms with Crippen molar-refractivity contribution in [3.63, 3.8) is 0 Å². The van der Waals surface area contributed by atoms with Gasteiger partial charge >= 0.3 is 5.97 Å². The topological polar surface area (TPSA) is 75.6 Å². The van der Waals surface area contributed by atoms with E-state index in [1.807, 2.05) is 13.8 Å². The Morgan fingerprint density at radius 1 is 1.13 bits per heavy atom. The van der Waals surface area contributed by atoms with E-state index in [1.165, 1.54) is 12.1 Å². The number of carboxylic acids is 1. The van der Waals surface area contributed by atoms with Crippen LogP contribution >= 0.6 is 0 Å². The molecule has 0 fully saturated rings. The van der Waals surface area contributed by atoms with Crippen LogP contribution < -0.4 is 10.1 Å². The molecule has 0 aliphatic rings. The Kier molecular flexibility index (Phi) is 5.36. The maximum absolute atomic E-state index is 12.2. The summed E-state index contributed by atoms with van der Waals surface area (Å²) >= 11 is 0. The summed E-state index contributed by atoms with van der Waals surface area (Å²) in [5.74, 6) is -0.626. The largest absolute Gasteiger partial charge is 0.491 e. The standard InChI is InChI=1S/C18H19NO4/c1-3-12(2)23-16-9-7-13(8-10-16)17(20)19-15-6-4-5-14(11-15)18(21)22/h4-12H,3H2,1-2H3,(H,19,20)(H,21,22). The summed E-state index contributed by atoms with van der Waals surface area (Å²) in [4.78, 5) is 23.1. The summed E-state index contributed by atoms with van der Waals surface area (Å²) in [6.07, 6.45) is 1.02. The highest BCUT2D eigenvalue weighted by Gasteiger charge is 2.09. The first-order chi connectivity index (χ1) is 11.0. The highest BCUT2D eigenvalue weighted by Crippen LogP contribution is 2.17. The fourth-order valence-electron chi connectivity index (χ4n) is 1.93. The van der Waals surface area contributed by atoms with E-state index in [4.69, 9.17) is 9.84 Å². The predicted molar refractivity (Wildman–Crippen MR) is 88.2 cm³/mol. The van der Waals surface area contributed by atoms with Crippen LogP contribution in [0.4, 0.5) is 5.69 Å². The zero-order valence-corrected chi connectivity index (χ0v) is 13.1. The first-order valence-electron chi connectivity index (χ1n) is 7.41. The molecule has 2 aromatic carbocycles. The Morgan fingerprint density at radius 2 is 1.83 bits per heavy atom. The predicted octanol–water partition coefficient (Wildman–Crippen LogP) is 3.81. The third kappa shape index (κ3) is 4.57. The normalized spacial score (nSPS) is 11.6. The van der Waals surface area contributed by atoms with Gasteiger partial charge in [0.05, 0.1) is 11.7 Å². The lowest BCUT2D eigenvalue weighted by Gasteiger charge is -2.12. The number of aromatic carboxylic acids is 1. The molecule has 5 heteroatoms. The second-order valence-corrected chi connectivity index (χ2v) is 5.20. The Balaban J connectivity index is 2.06. The summed E-state index contributed by atoms with van der Waals surface area (Å²) in [7, 11) is 0. The number of hydrogen-bond donors (Lipinski definition) is 2. The summed E-state index contributed by atoms with van der Waals surface area (Å²) in [6.45, 7) is 4.02. The molecule has 2 aromatic rings. The highest BCUT2D eigenvalue weighted by atomic mass is 16.5. The first kappa shape index (κ1) is 16.5. The molecule has 23 heavy (non-hydrogen) atoms. The Hall–Kier alpha value is -2.82. The average molecular weight is 313 g/mol. The molecule has 1 amide bonds. The minimum Gasteiger partial charge on any atom is -0.491 e. The van der Waals surface area contributed by atoms with Crippen LogP contribution in [-0.2, 0) is 0 Å². The molecule has 0 spiro atoms. The van der Waals surface area contributed by atoms with Gasteiger partial charge in [-0.3, -0.25) is 4.79 Å². The van der Waals surface area contributed by atoms with Crippen molar-refractivity contribution in [1.82, 2.24) is 0 Å². The number of carbonyl (C=O) groups is 2. The summed E-state index contributed by atoms with van der Waals surface area (Å²) in [5, 5.41) is 11.6. The van der Waals surface area contributed by atoms with Gasteiger partial charge in [0.1, 0.15) is 5.75 Å². The molecule has 0 saturated heterocycles. The lowest BCUT2D eigenvalue weighted by atomic mass is 10.1. The number of benzene rings is 2. The van der Waals surface area contributed by atoms with Crippen molar-refractivity contribution in [3.8, 4) is 5.75 Å². The number of anilines is 1. The SMILES string of the molecule is CCC(C)Oc1ccc(C(=O)Nc2cccc(C(=O)O)c2)cc1. The number of carboxylic acid groups (broad SMARTS) is 1. The van der Waals surface area contributed by atoms with Gasteiger partial charge in [0.2, 0.25) is 0 Å². The van der Waals surface area contributed by atoms with E-state index in [1.54, 1.807) is 36.4 Å². The molecule has 0 radical (unpaired) electrons. The second kappa shape index (κ2) is 7.45. The van der Waals surface area contributed by atoms with E-state index in [-0.39, 0.29) is 17.6 Å². The van der Waals surface area contributed by atoms with Gasteiger partial charge < -0.3 is 15.2 Å². The Labute approximate surface area is 134 Å². The highest BCUT2D eigenvalue weighted by molar-refractivity contribution is 6.04. The maximum atomic E-state index is 12.2. The molecule has 5 nitrogen and oxygen atoms in total. The van der Waals surface area contributed by atoms with E-state index in [0.717, 1.165) is 6.42 Å². The fourth-order valence-corrected chi connectivity index (χ4v) is 1.93. The van der Waals surface area contributed by atoms with Gasteiger partial charge in [-0.15, -0.1) is 0 Å². The third-order valence-electron chi connectivity index (χ3n) is 3.40. The minimum atomic E-state index is -1.03. The average Bonchev–Trinajstić information content (AvgIpc) is 2.55. The van der Waals surface area contributed by atoms with Gasteiger partial charge in [0, 0.05) is 11.3 Å². The van der Waals surface area contributed by atoms with Gasteiger partial charge in [-0.2, -0.15) is 0 Å². The molecule has 120 valence electrons. The quantitative estimate of drug-likeness (QED) is 0.850. The van der Waals surface area contributed by atoms with Gasteiger partial charge in [-0.05, 0) is 55.8 Å². The minimum absolute atomic E-state index is 0.119. The molecular formula is C18H19NO4. The van der Waals surface area contributed by atoms with E-state index >= 15 is 0 Å². The van der Waals surface area contributed by atoms with Crippen LogP contribution in [0.5, 0.6) is 5.75 Å². The number of nitrogens with one attached hydrogen (secondary N) is 1. The van der Waals surface area contributed by atoms with Crippen LogP contribution in [-0.4, -0.2) is 23.1 Å². The number of carbonyl (C=O) groups excluding carboxylic acids is 1. The Bertz CT molecular complexity index is 694. The van der Waals surface area contributed by atoms with Crippen LogP contribution in [0.15, 0.2) is 48.5 Å². The van der Waals surface area contributed by atoms with E-state index in [0.29, 0.717) is 17.0 Å². The van der Waals surface area contributed by atoms with Crippen LogP contribution in [0.25, 0.3) is 0 Å². The molecule has 0 aromatic heterocycles. The molecule has 0 saturated carbocycles. The lowest BCUT2D eigenvalue weighted by Crippen LogP contribution is -2.13. The van der Waals surface area contributed by atoms with Crippen LogP contribution in [0.3, 0.4) is 0 Å². The van der Waals surface area contributed by atoms with Crippen LogP contribution in [0.1, 0.15) is 41.0 Å². The first-order valence-corrected chi connectivity index (χ1v) is 7.41. The molecule has 2 N–H and O–H groups in total. The van der Waals surface area contributed by atoms with Crippen molar-refractivity contribution in [3.05, 3.63) is 59.7 Å². The number of amides is 1. The Morgan fingerprint density at radius 3 is 2.43 bits per heavy atom. The smallest absolute Gasteiger partial charge is 0.335 e. The van der Waals surface area contributed by atoms with Crippen molar-refractivity contribution in [1.29, 1.82) is 0 Å². The van der Waals surface area contributed by atoms with Crippen LogP contribution in [0.2, 0.25) is 0 Å². The number of hydrogen-bond acceptors (Lipinski definition) is 3. The summed E-state index contributed by atoms with van der Waals surface area (Å²) < 4.78 is 5.66. The van der Waals surface area contributed by atoms with Gasteiger partial charge in [0.25, 0.3) is 5.91 Å². The lowest BCUT2D eigenvalue weighted by molar-refractivity contribution is 0.0696. The molecular weight excluding hydrogens is 294 g/mol. The third-order valence-corrected chi connectivity index (χ3v) is 3.40. The number of rotatable bonds is 6. The summed E-state index contributed by atoms with van der Waals surface area (Å²) in [5.41, 5.74) is 1.04. The zero-order chi connectivity index (χ0) is 16.8. The molecule has 0 heterocycles. The van der Waals surface area contributed by atoms with Crippen molar-refractivity contribution in [2.75, 3.05) is 5.32 Å². The fraction of sp³-hybridized carbons (Fsp3) is 0.222. The number of ether oxygens (including phenoxy) is 1. The maximum Gasteiger partial charge on any atom is 0.335 e. The monoisotopic (exact) mass is 313 g/mol. The summed E-state index contributed by atoms with van der Waals surface area (Å²) in [6, 6.07) is 13.0. The molecule has 1 unspecified atom stereocenters. The van der Waals surface area contributed by atoms with Crippen molar-refractivity contribution in [2.24, 2.45) is 0 Å². The van der Waals surface area contributed by atoms with E-state index < -0.39 is 5.97 Å². The molecule has 0 aliphatic carbocycles. The molecule has 0 aliphatic heterocycles. The molecule has 2 rings (SSSR count). The van der Waals surface area contributed by atoms with Crippen molar-refractivity contribution >= 4 is 17.6 Å². The zero-order valence-electron chi connectivity index (χ0n) is 13.1. The van der Waals surface area contributed by atoms with Gasteiger partial charge in [-0.1, -0.05) is 13.0 Å². The molecule has 0 bridgehead atoms. The van der Waals surface area contributed by atoms with Crippen molar-refractivity contribution < 1.29 is 19.4 Å². The second-order valence-electron chi connectivity index (χ2n) is 5.20. The van der Waals surface area contributed by atoms with Gasteiger partial charge in [-0.25, -0.2) is 4.79 Å². The van der Waals surface area contributed by atoms with E-state index in [2.05, 4.69) is 5.32 Å². The van der Waals surface area contributed by atoms with Crippen LogP contribution in [0, 0.1) is 0 Å². The van der Waals surface area contributed by atoms with E-state index in [9.17, 15) is 9.59 Å². The van der Waals surface area contributed by atoms with Gasteiger partial charge in [0.15, 0.2) is 0 Å². The van der Waals surface area contributed by atoms with Crippen molar-refractivity contribution in [2.45, 2.75) is 26.4 Å². The molecule has 1 atom stereocenters.